The van der Waals surface area contributed by atoms with E-state index in [1.54, 1.807) is 20.8 Å². The first-order valence-corrected chi connectivity index (χ1v) is 8.79. The smallest absolute Gasteiger partial charge is 0.407 e. The maximum atomic E-state index is 11.8. The van der Waals surface area contributed by atoms with Gasteiger partial charge in [0.1, 0.15) is 15.8 Å². The fraction of sp³-hybridized carbons (Fsp3) is 0.545. The number of amides is 3. The summed E-state index contributed by atoms with van der Waals surface area (Å²) in [7, 11) is -4.15. The average Bonchev–Trinajstić information content (AvgIpc) is 2.73. The van der Waals surface area contributed by atoms with Crippen LogP contribution in [0.25, 0.3) is 0 Å². The van der Waals surface area contributed by atoms with Crippen LogP contribution in [0.1, 0.15) is 20.8 Å². The summed E-state index contributed by atoms with van der Waals surface area (Å²) in [4.78, 5) is 22.6. The lowest BCUT2D eigenvalue weighted by Gasteiger charge is -2.19. The maximum Gasteiger partial charge on any atom is 0.407 e. The van der Waals surface area contributed by atoms with E-state index in [0.717, 1.165) is 0 Å². The monoisotopic (exact) mass is 401 g/mol. The number of hydrogen-bond donors (Lipinski definition) is 4. The normalized spacial score (nSPS) is 16.6. The molecule has 0 aliphatic carbocycles. The Balaban J connectivity index is 2.56. The number of nitrogens with one attached hydrogen (secondary N) is 4. The molecule has 10 nitrogen and oxygen atoms in total. The van der Waals surface area contributed by atoms with Gasteiger partial charge in [-0.3, -0.25) is 5.32 Å². The molecule has 0 saturated carbocycles. The molecule has 4 N–H and O–H groups in total. The first-order chi connectivity index (χ1) is 10.9. The lowest BCUT2D eigenvalue weighted by molar-refractivity contribution is 0.0529. The van der Waals surface area contributed by atoms with Crippen molar-refractivity contribution in [1.29, 1.82) is 0 Å². The zero-order chi connectivity index (χ0) is 18.5. The Kier molecular flexibility index (Phi) is 6.84. The van der Waals surface area contributed by atoms with E-state index in [0.29, 0.717) is 0 Å². The summed E-state index contributed by atoms with van der Waals surface area (Å²) < 4.78 is 33.7. The molecule has 1 rings (SSSR count). The van der Waals surface area contributed by atoms with Crippen molar-refractivity contribution in [3.8, 4) is 0 Å². The minimum Gasteiger partial charge on any atom is -0.444 e. The molecule has 0 aromatic carbocycles. The number of ether oxygens (including phenoxy) is 1. The first kappa shape index (κ1) is 20.5. The third kappa shape index (κ3) is 7.34. The SMILES string of the molecule is CC(C)(C)OC(=O)NCCNS(=O)(=O)/N=C1\NC(=O)NC1=C(Cl)Cl. The van der Waals surface area contributed by atoms with Gasteiger partial charge >= 0.3 is 22.3 Å². The molecule has 1 aliphatic rings. The number of nitrogens with zero attached hydrogens (tertiary/aromatic N) is 1. The fourth-order valence-corrected chi connectivity index (χ4v) is 2.47. The summed E-state index contributed by atoms with van der Waals surface area (Å²) in [6, 6.07) is -0.718. The lowest BCUT2D eigenvalue weighted by atomic mass is 10.2. The minimum absolute atomic E-state index is 0.0252. The van der Waals surface area contributed by atoms with Crippen LogP contribution in [-0.4, -0.2) is 45.1 Å². The molecule has 0 aromatic heterocycles. The number of carbonyl (C=O) groups excluding carboxylic acids is 2. The maximum absolute atomic E-state index is 11.8. The third-order valence-electron chi connectivity index (χ3n) is 2.19. The van der Waals surface area contributed by atoms with Crippen molar-refractivity contribution in [2.45, 2.75) is 26.4 Å². The van der Waals surface area contributed by atoms with Gasteiger partial charge in [-0.15, -0.1) is 4.40 Å². The van der Waals surface area contributed by atoms with Gasteiger partial charge in [-0.25, -0.2) is 9.59 Å². The van der Waals surface area contributed by atoms with Crippen molar-refractivity contribution in [2.75, 3.05) is 13.1 Å². The van der Waals surface area contributed by atoms with Crippen LogP contribution in [0.5, 0.6) is 0 Å². The highest BCUT2D eigenvalue weighted by atomic mass is 35.5. The molecule has 13 heteroatoms. The second kappa shape index (κ2) is 8.01. The number of rotatable bonds is 5. The summed E-state index contributed by atoms with van der Waals surface area (Å²) in [5.74, 6) is -0.340. The fourth-order valence-electron chi connectivity index (χ4n) is 1.39. The standard InChI is InChI=1S/C11H17Cl2N5O5S/c1-11(2,3)23-10(20)14-4-5-15-24(21,22)18-8-6(7(12)13)16-9(19)17-8/h15H,4-5H2,1-3H3,(H,14,20)(H2,16,17,18,19). The Morgan fingerprint density at radius 2 is 1.88 bits per heavy atom. The van der Waals surface area contributed by atoms with Gasteiger partial charge in [0.15, 0.2) is 5.84 Å². The van der Waals surface area contributed by atoms with Gasteiger partial charge in [0.05, 0.1) is 0 Å². The molecular formula is C11H17Cl2N5O5S. The van der Waals surface area contributed by atoms with E-state index in [2.05, 4.69) is 25.1 Å². The minimum atomic E-state index is -4.15. The van der Waals surface area contributed by atoms with Crippen LogP contribution in [0, 0.1) is 0 Å². The van der Waals surface area contributed by atoms with E-state index in [9.17, 15) is 18.0 Å². The molecule has 0 radical (unpaired) electrons. The summed E-state index contributed by atoms with van der Waals surface area (Å²) in [5, 5.41) is 6.71. The molecule has 24 heavy (non-hydrogen) atoms. The van der Waals surface area contributed by atoms with Gasteiger partial charge in [0, 0.05) is 13.1 Å². The van der Waals surface area contributed by atoms with E-state index in [1.807, 2.05) is 0 Å². The van der Waals surface area contributed by atoms with Crippen molar-refractivity contribution >= 4 is 51.4 Å². The highest BCUT2D eigenvalue weighted by molar-refractivity contribution is 7.88. The van der Waals surface area contributed by atoms with Crippen molar-refractivity contribution in [1.82, 2.24) is 20.7 Å². The molecular weight excluding hydrogens is 385 g/mol. The predicted molar refractivity (Wildman–Crippen MR) is 89.0 cm³/mol. The topological polar surface area (TPSA) is 138 Å². The molecule has 0 atom stereocenters. The number of hydrogen-bond acceptors (Lipinski definition) is 5. The molecule has 1 heterocycles. The summed E-state index contributed by atoms with van der Waals surface area (Å²) in [5.41, 5.74) is -0.812. The van der Waals surface area contributed by atoms with Crippen molar-refractivity contribution in [2.24, 2.45) is 4.40 Å². The molecule has 0 aromatic rings. The molecule has 136 valence electrons. The highest BCUT2D eigenvalue weighted by Gasteiger charge is 2.26. The predicted octanol–water partition coefficient (Wildman–Crippen LogP) is 0.703. The quantitative estimate of drug-likeness (QED) is 0.502. The Labute approximate surface area is 149 Å². The Hall–Kier alpha value is -1.56. The zero-order valence-electron chi connectivity index (χ0n) is 13.1. The average molecular weight is 402 g/mol. The van der Waals surface area contributed by atoms with Crippen LogP contribution in [0.3, 0.4) is 0 Å². The number of amidine groups is 1. The number of alkyl carbamates (subject to hydrolysis) is 1. The van der Waals surface area contributed by atoms with E-state index >= 15 is 0 Å². The molecule has 0 unspecified atom stereocenters. The van der Waals surface area contributed by atoms with E-state index in [1.165, 1.54) is 0 Å². The summed E-state index contributed by atoms with van der Waals surface area (Å²) >= 11 is 11.0. The molecule has 1 aliphatic heterocycles. The van der Waals surface area contributed by atoms with Crippen LogP contribution < -0.4 is 20.7 Å². The van der Waals surface area contributed by atoms with Crippen LogP contribution in [0.15, 0.2) is 14.6 Å². The largest absolute Gasteiger partial charge is 0.444 e. The number of carbonyl (C=O) groups is 2. The van der Waals surface area contributed by atoms with Gasteiger partial charge in [-0.05, 0) is 20.8 Å². The van der Waals surface area contributed by atoms with Crippen molar-refractivity contribution < 1.29 is 22.7 Å². The molecule has 0 bridgehead atoms. The number of halogens is 2. The van der Waals surface area contributed by atoms with Crippen molar-refractivity contribution in [3.63, 3.8) is 0 Å². The van der Waals surface area contributed by atoms with Gasteiger partial charge in [-0.1, -0.05) is 23.2 Å². The van der Waals surface area contributed by atoms with Gasteiger partial charge < -0.3 is 15.4 Å². The van der Waals surface area contributed by atoms with E-state index < -0.39 is 27.9 Å². The van der Waals surface area contributed by atoms with Crippen molar-refractivity contribution in [3.05, 3.63) is 10.2 Å². The van der Waals surface area contributed by atoms with Gasteiger partial charge in [-0.2, -0.15) is 13.1 Å². The summed E-state index contributed by atoms with van der Waals surface area (Å²) in [6.45, 7) is 4.92. The zero-order valence-corrected chi connectivity index (χ0v) is 15.4. The van der Waals surface area contributed by atoms with Crippen LogP contribution in [0.4, 0.5) is 9.59 Å². The Morgan fingerprint density at radius 3 is 2.42 bits per heavy atom. The van der Waals surface area contributed by atoms with E-state index in [4.69, 9.17) is 27.9 Å². The second-order valence-corrected chi connectivity index (χ2v) is 7.82. The number of urea groups is 1. The van der Waals surface area contributed by atoms with Crippen LogP contribution >= 0.6 is 23.2 Å². The summed E-state index contributed by atoms with van der Waals surface area (Å²) in [6.07, 6.45) is -0.681. The molecule has 1 saturated heterocycles. The molecule has 0 spiro atoms. The second-order valence-electron chi connectivity index (χ2n) is 5.45. The molecule has 3 amide bonds. The Bertz CT molecular complexity index is 679. The Morgan fingerprint density at radius 1 is 1.25 bits per heavy atom. The van der Waals surface area contributed by atoms with E-state index in [-0.39, 0.29) is 29.1 Å². The van der Waals surface area contributed by atoms with Crippen LogP contribution in [-0.2, 0) is 14.9 Å². The van der Waals surface area contributed by atoms with Gasteiger partial charge in [0.25, 0.3) is 0 Å². The first-order valence-electron chi connectivity index (χ1n) is 6.60. The van der Waals surface area contributed by atoms with Gasteiger partial charge in [0.2, 0.25) is 0 Å². The third-order valence-corrected chi connectivity index (χ3v) is 3.56. The lowest BCUT2D eigenvalue weighted by Crippen LogP contribution is -2.37. The molecule has 1 fully saturated rings. The van der Waals surface area contributed by atoms with Crippen LogP contribution in [0.2, 0.25) is 0 Å². The highest BCUT2D eigenvalue weighted by Crippen LogP contribution is 2.16.